The van der Waals surface area contributed by atoms with E-state index < -0.39 is 0 Å². The van der Waals surface area contributed by atoms with E-state index in [2.05, 4.69) is 20.2 Å². The van der Waals surface area contributed by atoms with Crippen LogP contribution >= 0.6 is 0 Å². The predicted molar refractivity (Wildman–Crippen MR) is 83.5 cm³/mol. The Morgan fingerprint density at radius 3 is 2.59 bits per heavy atom. The summed E-state index contributed by atoms with van der Waals surface area (Å²) in [7, 11) is 5.87. The van der Waals surface area contributed by atoms with Gasteiger partial charge in [0.25, 0.3) is 0 Å². The molecular formula is C15H20N6O. The molecule has 7 heteroatoms. The molecule has 0 amide bonds. The van der Waals surface area contributed by atoms with Gasteiger partial charge in [0.15, 0.2) is 5.82 Å². The zero-order chi connectivity index (χ0) is 15.9. The number of aromatic nitrogens is 5. The van der Waals surface area contributed by atoms with E-state index in [1.165, 1.54) is 0 Å². The second kappa shape index (κ2) is 5.32. The average molecular weight is 300 g/mol. The summed E-state index contributed by atoms with van der Waals surface area (Å²) >= 11 is 0. The fourth-order valence-electron chi connectivity index (χ4n) is 2.64. The molecular weight excluding hydrogens is 280 g/mol. The molecule has 22 heavy (non-hydrogen) atoms. The summed E-state index contributed by atoms with van der Waals surface area (Å²) in [6.07, 6.45) is 3.86. The van der Waals surface area contributed by atoms with Crippen molar-refractivity contribution in [2.45, 2.75) is 20.4 Å². The lowest BCUT2D eigenvalue weighted by Gasteiger charge is -2.16. The molecule has 7 nitrogen and oxygen atoms in total. The minimum atomic E-state index is 0.725. The maximum atomic E-state index is 5.59. The molecule has 0 aliphatic rings. The van der Waals surface area contributed by atoms with Gasteiger partial charge < -0.3 is 9.32 Å². The summed E-state index contributed by atoms with van der Waals surface area (Å²) in [4.78, 5) is 2.05. The van der Waals surface area contributed by atoms with Gasteiger partial charge in [-0.05, 0) is 19.9 Å². The van der Waals surface area contributed by atoms with Gasteiger partial charge in [-0.15, -0.1) is 10.2 Å². The van der Waals surface area contributed by atoms with Crippen LogP contribution in [0.5, 0.6) is 0 Å². The fraction of sp³-hybridized carbons (Fsp3) is 0.400. The second-order valence-electron chi connectivity index (χ2n) is 5.59. The Kier molecular flexibility index (Phi) is 3.48. The molecule has 0 radical (unpaired) electrons. The van der Waals surface area contributed by atoms with Crippen molar-refractivity contribution in [3.63, 3.8) is 0 Å². The van der Waals surface area contributed by atoms with Gasteiger partial charge in [0.05, 0.1) is 11.8 Å². The Hall–Kier alpha value is -2.57. The van der Waals surface area contributed by atoms with Crippen molar-refractivity contribution in [2.24, 2.45) is 14.1 Å². The third-order valence-electron chi connectivity index (χ3n) is 3.65. The monoisotopic (exact) mass is 300 g/mol. The maximum absolute atomic E-state index is 5.59. The van der Waals surface area contributed by atoms with E-state index in [1.54, 1.807) is 4.68 Å². The van der Waals surface area contributed by atoms with Gasteiger partial charge in [-0.1, -0.05) is 0 Å². The summed E-state index contributed by atoms with van der Waals surface area (Å²) in [5.41, 5.74) is 2.11. The van der Waals surface area contributed by atoms with Crippen molar-refractivity contribution in [2.75, 3.05) is 11.9 Å². The number of aryl methyl sites for hydroxylation is 3. The van der Waals surface area contributed by atoms with Gasteiger partial charge in [0.2, 0.25) is 5.95 Å². The first-order valence-electron chi connectivity index (χ1n) is 7.11. The van der Waals surface area contributed by atoms with Crippen LogP contribution in [-0.4, -0.2) is 31.6 Å². The maximum Gasteiger partial charge on any atom is 0.227 e. The highest BCUT2D eigenvalue weighted by molar-refractivity contribution is 5.60. The fourth-order valence-corrected chi connectivity index (χ4v) is 2.64. The molecule has 3 heterocycles. The zero-order valence-electron chi connectivity index (χ0n) is 13.5. The van der Waals surface area contributed by atoms with Crippen molar-refractivity contribution in [3.8, 4) is 11.4 Å². The molecule has 0 N–H and O–H groups in total. The van der Waals surface area contributed by atoms with Crippen molar-refractivity contribution in [3.05, 3.63) is 35.5 Å². The molecule has 3 aromatic rings. The number of nitrogens with zero attached hydrogens (tertiary/aromatic N) is 6. The largest absolute Gasteiger partial charge is 0.466 e. The summed E-state index contributed by atoms with van der Waals surface area (Å²) in [5.74, 6) is 3.34. The lowest BCUT2D eigenvalue weighted by Crippen LogP contribution is -2.20. The highest BCUT2D eigenvalue weighted by atomic mass is 16.3. The molecule has 3 aromatic heterocycles. The van der Waals surface area contributed by atoms with E-state index in [0.29, 0.717) is 0 Å². The van der Waals surface area contributed by atoms with E-state index in [9.17, 15) is 0 Å². The van der Waals surface area contributed by atoms with Crippen LogP contribution in [0, 0.1) is 13.8 Å². The van der Waals surface area contributed by atoms with Crippen LogP contribution in [-0.2, 0) is 20.6 Å². The average Bonchev–Trinajstić information content (AvgIpc) is 3.10. The summed E-state index contributed by atoms with van der Waals surface area (Å²) in [5, 5.41) is 12.8. The third kappa shape index (κ3) is 2.49. The van der Waals surface area contributed by atoms with Crippen molar-refractivity contribution in [1.29, 1.82) is 0 Å². The predicted octanol–water partition coefficient (Wildman–Crippen LogP) is 2.06. The van der Waals surface area contributed by atoms with Crippen molar-refractivity contribution < 1.29 is 4.42 Å². The molecule has 0 unspecified atom stereocenters. The van der Waals surface area contributed by atoms with E-state index in [0.717, 1.165) is 41.0 Å². The Balaban J connectivity index is 1.88. The van der Waals surface area contributed by atoms with Gasteiger partial charge in [0.1, 0.15) is 11.5 Å². The molecule has 0 spiro atoms. The van der Waals surface area contributed by atoms with Crippen molar-refractivity contribution in [1.82, 2.24) is 24.5 Å². The molecule has 0 aliphatic heterocycles. The van der Waals surface area contributed by atoms with Crippen LogP contribution in [0.2, 0.25) is 0 Å². The molecule has 0 saturated heterocycles. The van der Waals surface area contributed by atoms with Crippen LogP contribution < -0.4 is 4.90 Å². The summed E-state index contributed by atoms with van der Waals surface area (Å²) in [6.45, 7) is 4.60. The van der Waals surface area contributed by atoms with Crippen LogP contribution in [0.25, 0.3) is 11.4 Å². The Morgan fingerprint density at radius 1 is 1.23 bits per heavy atom. The van der Waals surface area contributed by atoms with Gasteiger partial charge in [-0.25, -0.2) is 0 Å². The highest BCUT2D eigenvalue weighted by Gasteiger charge is 2.18. The van der Waals surface area contributed by atoms with E-state index >= 15 is 0 Å². The van der Waals surface area contributed by atoms with E-state index in [4.69, 9.17) is 4.42 Å². The number of hydrogen-bond acceptors (Lipinski definition) is 5. The van der Waals surface area contributed by atoms with Gasteiger partial charge >= 0.3 is 0 Å². The normalized spacial score (nSPS) is 11.1. The van der Waals surface area contributed by atoms with Gasteiger partial charge in [-0.3, -0.25) is 9.25 Å². The van der Waals surface area contributed by atoms with E-state index in [1.807, 2.05) is 58.0 Å². The molecule has 116 valence electrons. The highest BCUT2D eigenvalue weighted by Crippen LogP contribution is 2.27. The van der Waals surface area contributed by atoms with Gasteiger partial charge in [0, 0.05) is 39.4 Å². The summed E-state index contributed by atoms with van der Waals surface area (Å²) in [6, 6.07) is 1.99. The Morgan fingerprint density at radius 2 is 2.00 bits per heavy atom. The number of furan rings is 1. The SMILES string of the molecule is Cc1cc(-c2nnc(N(C)Cc3cnn(C)c3)n2C)c(C)o1. The smallest absolute Gasteiger partial charge is 0.227 e. The van der Waals surface area contributed by atoms with Crippen LogP contribution in [0.1, 0.15) is 17.1 Å². The minimum absolute atomic E-state index is 0.725. The molecule has 0 aromatic carbocycles. The van der Waals surface area contributed by atoms with Crippen LogP contribution in [0.15, 0.2) is 22.9 Å². The molecule has 3 rings (SSSR count). The number of anilines is 1. The molecule has 0 bridgehead atoms. The molecule has 0 atom stereocenters. The van der Waals surface area contributed by atoms with Crippen LogP contribution in [0.4, 0.5) is 5.95 Å². The second-order valence-corrected chi connectivity index (χ2v) is 5.59. The topological polar surface area (TPSA) is 64.9 Å². The van der Waals surface area contributed by atoms with Gasteiger partial charge in [-0.2, -0.15) is 5.10 Å². The lowest BCUT2D eigenvalue weighted by atomic mass is 10.2. The minimum Gasteiger partial charge on any atom is -0.466 e. The molecule has 0 fully saturated rings. The Labute approximate surface area is 129 Å². The number of hydrogen-bond donors (Lipinski definition) is 0. The first-order valence-corrected chi connectivity index (χ1v) is 7.11. The molecule has 0 saturated carbocycles. The van der Waals surface area contributed by atoms with Crippen LogP contribution in [0.3, 0.4) is 0 Å². The molecule has 0 aliphatic carbocycles. The van der Waals surface area contributed by atoms with E-state index in [-0.39, 0.29) is 0 Å². The first-order chi connectivity index (χ1) is 10.5. The summed E-state index contributed by atoms with van der Waals surface area (Å²) < 4.78 is 9.36. The standard InChI is InChI=1S/C15H20N6O/c1-10-6-13(11(2)22-10)14-17-18-15(21(14)5)19(3)8-12-7-16-20(4)9-12/h6-7,9H,8H2,1-5H3. The number of rotatable bonds is 4. The van der Waals surface area contributed by atoms with Crippen molar-refractivity contribution >= 4 is 5.95 Å². The quantitative estimate of drug-likeness (QED) is 0.738. The lowest BCUT2D eigenvalue weighted by molar-refractivity contribution is 0.505. The Bertz CT molecular complexity index is 797. The first kappa shape index (κ1) is 14.4. The third-order valence-corrected chi connectivity index (χ3v) is 3.65. The zero-order valence-corrected chi connectivity index (χ0v) is 13.5.